The van der Waals surface area contributed by atoms with Gasteiger partial charge in [0.05, 0.1) is 0 Å². The van der Waals surface area contributed by atoms with Crippen LogP contribution in [-0.2, 0) is 0 Å². The predicted molar refractivity (Wildman–Crippen MR) is 109 cm³/mol. The van der Waals surface area contributed by atoms with Crippen molar-refractivity contribution in [1.82, 2.24) is 0 Å². The highest BCUT2D eigenvalue weighted by Gasteiger charge is 1.86. The van der Waals surface area contributed by atoms with E-state index in [2.05, 4.69) is 53.9 Å². The van der Waals surface area contributed by atoms with Gasteiger partial charge in [-0.15, -0.1) is 11.3 Å². The summed E-state index contributed by atoms with van der Waals surface area (Å²) < 4.78 is 0. The van der Waals surface area contributed by atoms with Crippen LogP contribution in [0.25, 0.3) is 21.5 Å². The van der Waals surface area contributed by atoms with Crippen LogP contribution in [0.2, 0.25) is 0 Å². The lowest BCUT2D eigenvalue weighted by Gasteiger charge is -1.92. The lowest BCUT2D eigenvalue weighted by Crippen LogP contribution is -1.67. The molecule has 1 heteroatoms. The molecule has 1 aromatic heterocycles. The van der Waals surface area contributed by atoms with Crippen molar-refractivity contribution in [2.45, 2.75) is 0 Å². The predicted octanol–water partition coefficient (Wildman–Crippen LogP) is 6.83. The van der Waals surface area contributed by atoms with E-state index in [4.69, 9.17) is 0 Å². The summed E-state index contributed by atoms with van der Waals surface area (Å²) in [4.78, 5) is 0. The first-order valence-corrected chi connectivity index (χ1v) is 8.91. The molecule has 0 nitrogen and oxygen atoms in total. The molecule has 5 rings (SSSR count). The second-order valence-electron chi connectivity index (χ2n) is 5.26. The van der Waals surface area contributed by atoms with E-state index in [9.17, 15) is 0 Å². The highest BCUT2D eigenvalue weighted by atomic mass is 32.1. The summed E-state index contributed by atoms with van der Waals surface area (Å²) in [7, 11) is 0. The second-order valence-corrected chi connectivity index (χ2v) is 6.01. The Bertz CT molecular complexity index is 781. The van der Waals surface area contributed by atoms with Gasteiger partial charge in [0, 0.05) is 5.38 Å². The first kappa shape index (κ1) is 16.9. The molecule has 3 radical (unpaired) electrons. The van der Waals surface area contributed by atoms with Gasteiger partial charge in [-0.3, -0.25) is 0 Å². The summed E-state index contributed by atoms with van der Waals surface area (Å²) in [5, 5.41) is 9.86. The smallest absolute Gasteiger partial charge is 0.0442 e. The molecule has 0 aliphatic carbocycles. The van der Waals surface area contributed by atoms with Gasteiger partial charge in [-0.25, -0.2) is 0 Å². The Labute approximate surface area is 153 Å². The van der Waals surface area contributed by atoms with E-state index in [1.807, 2.05) is 66.0 Å². The Balaban J connectivity index is 0.000000116. The minimum Gasteiger partial charge on any atom is -0.143 e. The fourth-order valence-electron chi connectivity index (χ4n) is 2.33. The Morgan fingerprint density at radius 3 is 2.04 bits per heavy atom. The molecule has 0 saturated carbocycles. The van der Waals surface area contributed by atoms with Crippen molar-refractivity contribution < 1.29 is 0 Å². The van der Waals surface area contributed by atoms with Crippen LogP contribution in [0.15, 0.2) is 102 Å². The maximum Gasteiger partial charge on any atom is 0.0442 e. The van der Waals surface area contributed by atoms with E-state index in [0.29, 0.717) is 0 Å². The molecular formula is C24H17S. The van der Waals surface area contributed by atoms with Gasteiger partial charge in [0.2, 0.25) is 0 Å². The number of fused-ring (bicyclic) bond motifs is 2. The molecule has 0 amide bonds. The molecular weight excluding hydrogens is 320 g/mol. The standard InChI is InChI=1S/2C10H7.C4H3S/c2*1-2-6-10-8-4-3-7-9(10)5-1;1-2-4-5-3-1/h1-3,5-8H;1-7H;1-3H. The molecule has 0 unspecified atom stereocenters. The molecule has 0 aliphatic rings. The maximum atomic E-state index is 3.15. The number of hydrogen-bond donors (Lipinski definition) is 0. The van der Waals surface area contributed by atoms with Crippen LogP contribution >= 0.6 is 11.3 Å². The average molecular weight is 337 g/mol. The minimum atomic E-state index is 1.19. The first-order valence-electron chi connectivity index (χ1n) is 8.03. The largest absolute Gasteiger partial charge is 0.143 e. The number of hydrogen-bond acceptors (Lipinski definition) is 1. The van der Waals surface area contributed by atoms with Crippen molar-refractivity contribution in [2.24, 2.45) is 0 Å². The van der Waals surface area contributed by atoms with E-state index in [0.717, 1.165) is 0 Å². The summed E-state index contributed by atoms with van der Waals surface area (Å²) in [6, 6.07) is 38.5. The minimum absolute atomic E-state index is 1.19. The summed E-state index contributed by atoms with van der Waals surface area (Å²) in [5.41, 5.74) is 0. The highest BCUT2D eigenvalue weighted by Crippen LogP contribution is 2.11. The van der Waals surface area contributed by atoms with Crippen LogP contribution in [0.3, 0.4) is 0 Å². The highest BCUT2D eigenvalue weighted by molar-refractivity contribution is 7.07. The fourth-order valence-corrected chi connectivity index (χ4v) is 2.72. The van der Waals surface area contributed by atoms with Crippen LogP contribution in [0.4, 0.5) is 0 Å². The van der Waals surface area contributed by atoms with Crippen LogP contribution in [0, 0.1) is 17.5 Å². The molecule has 0 atom stereocenters. The van der Waals surface area contributed by atoms with Gasteiger partial charge in [0.25, 0.3) is 0 Å². The molecule has 25 heavy (non-hydrogen) atoms. The van der Waals surface area contributed by atoms with Gasteiger partial charge >= 0.3 is 0 Å². The van der Waals surface area contributed by atoms with Gasteiger partial charge in [0.1, 0.15) is 0 Å². The number of thiophene rings is 1. The van der Waals surface area contributed by atoms with Crippen LogP contribution in [0.5, 0.6) is 0 Å². The zero-order valence-electron chi connectivity index (χ0n) is 13.7. The van der Waals surface area contributed by atoms with Crippen LogP contribution in [0.1, 0.15) is 0 Å². The maximum absolute atomic E-state index is 3.15. The molecule has 0 bridgehead atoms. The zero-order chi connectivity index (χ0) is 17.2. The van der Waals surface area contributed by atoms with Gasteiger partial charge in [-0.1, -0.05) is 84.9 Å². The lowest BCUT2D eigenvalue weighted by molar-refractivity contribution is 1.74. The molecule has 0 spiro atoms. The Kier molecular flexibility index (Phi) is 6.38. The third-order valence-corrected chi connectivity index (χ3v) is 4.11. The SMILES string of the molecule is [c]1ccc2ccccc2c1.[c]1cccc2ccccc12.[c]1cccs1. The summed E-state index contributed by atoms with van der Waals surface area (Å²) in [6.07, 6.45) is 0. The van der Waals surface area contributed by atoms with Crippen molar-refractivity contribution in [3.8, 4) is 0 Å². The van der Waals surface area contributed by atoms with E-state index in [-0.39, 0.29) is 0 Å². The van der Waals surface area contributed by atoms with E-state index in [1.54, 1.807) is 11.3 Å². The lowest BCUT2D eigenvalue weighted by atomic mass is 10.1. The molecule has 4 aromatic carbocycles. The molecule has 119 valence electrons. The first-order chi connectivity index (χ1) is 12.4. The van der Waals surface area contributed by atoms with Crippen molar-refractivity contribution in [2.75, 3.05) is 0 Å². The summed E-state index contributed by atoms with van der Waals surface area (Å²) >= 11 is 1.59. The topological polar surface area (TPSA) is 0 Å². The van der Waals surface area contributed by atoms with Crippen LogP contribution in [-0.4, -0.2) is 0 Å². The molecule has 5 aromatic rings. The van der Waals surface area contributed by atoms with E-state index >= 15 is 0 Å². The Morgan fingerprint density at radius 1 is 0.600 bits per heavy atom. The third-order valence-electron chi connectivity index (χ3n) is 3.54. The van der Waals surface area contributed by atoms with Gasteiger partial charge in [0.15, 0.2) is 0 Å². The van der Waals surface area contributed by atoms with Crippen molar-refractivity contribution in [3.05, 3.63) is 120 Å². The molecule has 0 fully saturated rings. The number of benzene rings is 4. The van der Waals surface area contributed by atoms with Crippen molar-refractivity contribution in [3.63, 3.8) is 0 Å². The summed E-state index contributed by atoms with van der Waals surface area (Å²) in [6.45, 7) is 0. The quantitative estimate of drug-likeness (QED) is 0.290. The van der Waals surface area contributed by atoms with Gasteiger partial charge in [-0.05, 0) is 51.2 Å². The summed E-state index contributed by atoms with van der Waals surface area (Å²) in [5.74, 6) is 0. The van der Waals surface area contributed by atoms with E-state index in [1.165, 1.54) is 21.5 Å². The molecule has 1 heterocycles. The third kappa shape index (κ3) is 5.30. The molecule has 0 saturated heterocycles. The van der Waals surface area contributed by atoms with Crippen molar-refractivity contribution in [1.29, 1.82) is 0 Å². The zero-order valence-corrected chi connectivity index (χ0v) is 14.5. The van der Waals surface area contributed by atoms with Crippen molar-refractivity contribution >= 4 is 32.9 Å². The van der Waals surface area contributed by atoms with E-state index < -0.39 is 0 Å². The fraction of sp³-hybridized carbons (Fsp3) is 0. The van der Waals surface area contributed by atoms with Gasteiger partial charge in [-0.2, -0.15) is 0 Å². The Hall–Kier alpha value is -2.90. The number of rotatable bonds is 0. The second kappa shape index (κ2) is 9.41. The van der Waals surface area contributed by atoms with Gasteiger partial charge < -0.3 is 0 Å². The average Bonchev–Trinajstić information content (AvgIpc) is 3.29. The molecule has 0 aliphatic heterocycles. The Morgan fingerprint density at radius 2 is 1.36 bits per heavy atom. The monoisotopic (exact) mass is 337 g/mol. The molecule has 0 N–H and O–H groups in total. The van der Waals surface area contributed by atoms with Crippen LogP contribution < -0.4 is 0 Å². The normalized spacial score (nSPS) is 9.60.